The van der Waals surface area contributed by atoms with E-state index < -0.39 is 0 Å². The standard InChI is InChI=1S/C8H19NO2/c1-4-7(11)5-9-8(2,3)6-10/h7,9-11H,4-6H2,1-3H3. The first-order chi connectivity index (χ1) is 5.02. The third kappa shape index (κ3) is 5.18. The number of hydrogen-bond donors (Lipinski definition) is 3. The number of aliphatic hydroxyl groups is 2. The molecule has 3 heteroatoms. The van der Waals surface area contributed by atoms with E-state index in [1.54, 1.807) is 0 Å². The van der Waals surface area contributed by atoms with E-state index in [0.717, 1.165) is 6.42 Å². The van der Waals surface area contributed by atoms with E-state index in [0.29, 0.717) is 6.54 Å². The van der Waals surface area contributed by atoms with E-state index in [1.165, 1.54) is 0 Å². The number of hydrogen-bond acceptors (Lipinski definition) is 3. The maximum Gasteiger partial charge on any atom is 0.0662 e. The van der Waals surface area contributed by atoms with Gasteiger partial charge in [-0.05, 0) is 20.3 Å². The van der Waals surface area contributed by atoms with Crippen LogP contribution in [0.15, 0.2) is 0 Å². The fourth-order valence-electron chi connectivity index (χ4n) is 0.594. The maximum atomic E-state index is 9.17. The fraction of sp³-hybridized carbons (Fsp3) is 1.00. The van der Waals surface area contributed by atoms with E-state index in [9.17, 15) is 5.11 Å². The first-order valence-electron chi connectivity index (χ1n) is 4.06. The second-order valence-electron chi connectivity index (χ2n) is 3.48. The van der Waals surface area contributed by atoms with Gasteiger partial charge in [0.05, 0.1) is 12.7 Å². The van der Waals surface area contributed by atoms with E-state index in [4.69, 9.17) is 5.11 Å². The topological polar surface area (TPSA) is 52.5 Å². The molecule has 0 fully saturated rings. The van der Waals surface area contributed by atoms with Crippen LogP contribution in [0.5, 0.6) is 0 Å². The van der Waals surface area contributed by atoms with Crippen LogP contribution < -0.4 is 5.32 Å². The Morgan fingerprint density at radius 1 is 1.45 bits per heavy atom. The molecule has 0 radical (unpaired) electrons. The minimum absolute atomic E-state index is 0.0867. The number of nitrogens with one attached hydrogen (secondary N) is 1. The molecule has 0 aliphatic carbocycles. The van der Waals surface area contributed by atoms with Crippen LogP contribution in [0.2, 0.25) is 0 Å². The Labute approximate surface area is 68.4 Å². The highest BCUT2D eigenvalue weighted by atomic mass is 16.3. The number of aliphatic hydroxyl groups excluding tert-OH is 2. The molecule has 0 spiro atoms. The Morgan fingerprint density at radius 2 is 2.00 bits per heavy atom. The summed E-state index contributed by atoms with van der Waals surface area (Å²) in [6.45, 7) is 6.36. The molecule has 0 saturated heterocycles. The summed E-state index contributed by atoms with van der Waals surface area (Å²) in [5, 5.41) is 21.1. The zero-order valence-corrected chi connectivity index (χ0v) is 7.59. The third-order valence-electron chi connectivity index (χ3n) is 1.68. The van der Waals surface area contributed by atoms with Crippen LogP contribution in [0.1, 0.15) is 27.2 Å². The van der Waals surface area contributed by atoms with Crippen molar-refractivity contribution in [2.45, 2.75) is 38.8 Å². The van der Waals surface area contributed by atoms with Gasteiger partial charge < -0.3 is 15.5 Å². The lowest BCUT2D eigenvalue weighted by Crippen LogP contribution is -2.46. The average Bonchev–Trinajstić information content (AvgIpc) is 2.00. The van der Waals surface area contributed by atoms with Crippen LogP contribution in [0.25, 0.3) is 0 Å². The van der Waals surface area contributed by atoms with Gasteiger partial charge in [0.25, 0.3) is 0 Å². The van der Waals surface area contributed by atoms with Crippen LogP contribution in [0, 0.1) is 0 Å². The van der Waals surface area contributed by atoms with Crippen molar-refractivity contribution in [3.05, 3.63) is 0 Å². The number of rotatable bonds is 5. The van der Waals surface area contributed by atoms with Gasteiger partial charge in [0.2, 0.25) is 0 Å². The summed E-state index contributed by atoms with van der Waals surface area (Å²) in [7, 11) is 0. The highest BCUT2D eigenvalue weighted by molar-refractivity contribution is 4.76. The van der Waals surface area contributed by atoms with Crippen molar-refractivity contribution < 1.29 is 10.2 Å². The highest BCUT2D eigenvalue weighted by Gasteiger charge is 2.15. The Kier molecular flexibility index (Phi) is 4.65. The van der Waals surface area contributed by atoms with Crippen LogP contribution >= 0.6 is 0 Å². The lowest BCUT2D eigenvalue weighted by molar-refractivity contribution is 0.132. The van der Waals surface area contributed by atoms with Crippen molar-refractivity contribution in [3.8, 4) is 0 Å². The molecular weight excluding hydrogens is 142 g/mol. The van der Waals surface area contributed by atoms with Crippen molar-refractivity contribution in [1.29, 1.82) is 0 Å². The summed E-state index contributed by atoms with van der Waals surface area (Å²) in [5.74, 6) is 0. The maximum absolute atomic E-state index is 9.17. The first-order valence-corrected chi connectivity index (χ1v) is 4.06. The lowest BCUT2D eigenvalue weighted by atomic mass is 10.1. The molecule has 0 aromatic heterocycles. The van der Waals surface area contributed by atoms with Gasteiger partial charge in [0, 0.05) is 12.1 Å². The van der Waals surface area contributed by atoms with Gasteiger partial charge in [-0.1, -0.05) is 6.92 Å². The first kappa shape index (κ1) is 10.9. The third-order valence-corrected chi connectivity index (χ3v) is 1.68. The van der Waals surface area contributed by atoms with E-state index in [2.05, 4.69) is 5.32 Å². The Bertz CT molecular complexity index is 104. The second kappa shape index (κ2) is 4.70. The summed E-state index contributed by atoms with van der Waals surface area (Å²) in [6, 6.07) is 0. The van der Waals surface area contributed by atoms with Gasteiger partial charge in [-0.15, -0.1) is 0 Å². The van der Waals surface area contributed by atoms with E-state index >= 15 is 0 Å². The molecule has 11 heavy (non-hydrogen) atoms. The van der Waals surface area contributed by atoms with E-state index in [1.807, 2.05) is 20.8 Å². The predicted octanol–water partition coefficient (Wildman–Crippen LogP) is 0.118. The van der Waals surface area contributed by atoms with Crippen LogP contribution in [0.3, 0.4) is 0 Å². The lowest BCUT2D eigenvalue weighted by Gasteiger charge is -2.24. The van der Waals surface area contributed by atoms with Crippen LogP contribution in [0.4, 0.5) is 0 Å². The van der Waals surface area contributed by atoms with Gasteiger partial charge in [-0.2, -0.15) is 0 Å². The zero-order valence-electron chi connectivity index (χ0n) is 7.59. The minimum Gasteiger partial charge on any atom is -0.394 e. The number of β-amino-alcohol motifs (C(OH)–C–C–N with tert-alkyl or cyclic N) is 1. The summed E-state index contributed by atoms with van der Waals surface area (Å²) in [4.78, 5) is 0. The fourth-order valence-corrected chi connectivity index (χ4v) is 0.594. The molecule has 0 rings (SSSR count). The molecule has 1 atom stereocenters. The predicted molar refractivity (Wildman–Crippen MR) is 45.5 cm³/mol. The molecule has 68 valence electrons. The zero-order chi connectivity index (χ0) is 8.91. The Balaban J connectivity index is 3.52. The molecule has 1 unspecified atom stereocenters. The summed E-state index contributed by atoms with van der Waals surface area (Å²) >= 11 is 0. The van der Waals surface area contributed by atoms with Gasteiger partial charge in [-0.25, -0.2) is 0 Å². The van der Waals surface area contributed by atoms with Gasteiger partial charge in [0.1, 0.15) is 0 Å². The van der Waals surface area contributed by atoms with Crippen molar-refractivity contribution in [1.82, 2.24) is 5.32 Å². The molecule has 3 nitrogen and oxygen atoms in total. The average molecular weight is 161 g/mol. The molecule has 0 amide bonds. The summed E-state index contributed by atoms with van der Waals surface area (Å²) in [5.41, 5.74) is -0.282. The second-order valence-corrected chi connectivity index (χ2v) is 3.48. The van der Waals surface area contributed by atoms with Crippen LogP contribution in [-0.2, 0) is 0 Å². The van der Waals surface area contributed by atoms with Gasteiger partial charge in [-0.3, -0.25) is 0 Å². The molecule has 0 aliphatic rings. The van der Waals surface area contributed by atoms with Gasteiger partial charge in [0.15, 0.2) is 0 Å². The minimum atomic E-state index is -0.305. The largest absolute Gasteiger partial charge is 0.394 e. The SMILES string of the molecule is CCC(O)CNC(C)(C)CO. The molecule has 0 aromatic rings. The van der Waals surface area contributed by atoms with Crippen molar-refractivity contribution in [3.63, 3.8) is 0 Å². The molecule has 0 aliphatic heterocycles. The van der Waals surface area contributed by atoms with E-state index in [-0.39, 0.29) is 18.2 Å². The summed E-state index contributed by atoms with van der Waals surface area (Å²) < 4.78 is 0. The molecule has 0 bridgehead atoms. The normalized spacial score (nSPS) is 15.0. The van der Waals surface area contributed by atoms with Crippen molar-refractivity contribution in [2.75, 3.05) is 13.2 Å². The highest BCUT2D eigenvalue weighted by Crippen LogP contribution is 2.00. The Morgan fingerprint density at radius 3 is 2.36 bits per heavy atom. The van der Waals surface area contributed by atoms with Crippen molar-refractivity contribution >= 4 is 0 Å². The Hall–Kier alpha value is -0.120. The van der Waals surface area contributed by atoms with Crippen LogP contribution in [-0.4, -0.2) is 35.0 Å². The molecular formula is C8H19NO2. The summed E-state index contributed by atoms with van der Waals surface area (Å²) in [6.07, 6.45) is 0.440. The monoisotopic (exact) mass is 161 g/mol. The molecule has 0 heterocycles. The molecule has 0 saturated carbocycles. The smallest absolute Gasteiger partial charge is 0.0662 e. The molecule has 0 aromatic carbocycles. The molecule has 3 N–H and O–H groups in total. The van der Waals surface area contributed by atoms with Gasteiger partial charge >= 0.3 is 0 Å². The van der Waals surface area contributed by atoms with Crippen molar-refractivity contribution in [2.24, 2.45) is 0 Å². The quantitative estimate of drug-likeness (QED) is 0.537.